The summed E-state index contributed by atoms with van der Waals surface area (Å²) in [5, 5.41) is 9.18. The zero-order chi connectivity index (χ0) is 19.2. The average Bonchev–Trinajstić information content (AvgIpc) is 3.10. The van der Waals surface area contributed by atoms with E-state index in [4.69, 9.17) is 9.47 Å². The summed E-state index contributed by atoms with van der Waals surface area (Å²) in [6.07, 6.45) is 3.28. The number of rotatable bonds is 7. The van der Waals surface area contributed by atoms with Gasteiger partial charge in [-0.3, -0.25) is 14.3 Å². The molecule has 7 nitrogen and oxygen atoms in total. The first-order chi connectivity index (χ1) is 13.1. The molecule has 3 aromatic rings. The molecule has 0 spiro atoms. The molecule has 0 aliphatic rings. The van der Waals surface area contributed by atoms with Crippen LogP contribution in [0.25, 0.3) is 17.1 Å². The minimum Gasteiger partial charge on any atom is -0.497 e. The molecule has 0 amide bonds. The van der Waals surface area contributed by atoms with Gasteiger partial charge in [0.05, 0.1) is 19.0 Å². The third kappa shape index (κ3) is 4.65. The molecule has 0 aliphatic carbocycles. The number of thioether (sulfide) groups is 1. The van der Waals surface area contributed by atoms with Crippen LogP contribution >= 0.6 is 11.8 Å². The number of methoxy groups -OCH3 is 1. The quantitative estimate of drug-likeness (QED) is 0.456. The molecule has 0 N–H and O–H groups in total. The molecule has 0 aliphatic heterocycles. The van der Waals surface area contributed by atoms with E-state index in [9.17, 15) is 4.79 Å². The topological polar surface area (TPSA) is 79.1 Å². The predicted octanol–water partition coefficient (Wildman–Crippen LogP) is 3.38. The molecular weight excluding hydrogens is 364 g/mol. The molecule has 8 heteroatoms. The van der Waals surface area contributed by atoms with Crippen molar-refractivity contribution in [2.24, 2.45) is 0 Å². The summed E-state index contributed by atoms with van der Waals surface area (Å²) in [6, 6.07) is 11.3. The number of aromatic nitrogens is 4. The van der Waals surface area contributed by atoms with Crippen molar-refractivity contribution < 1.29 is 14.3 Å². The minimum atomic E-state index is -0.290. The Bertz CT molecular complexity index is 895. The number of nitrogens with zero attached hydrogens (tertiary/aromatic N) is 4. The summed E-state index contributed by atoms with van der Waals surface area (Å²) < 4.78 is 12.3. The highest BCUT2D eigenvalue weighted by molar-refractivity contribution is 7.99. The van der Waals surface area contributed by atoms with Crippen molar-refractivity contribution in [3.63, 3.8) is 0 Å². The largest absolute Gasteiger partial charge is 0.497 e. The molecule has 27 heavy (non-hydrogen) atoms. The molecule has 2 aromatic heterocycles. The van der Waals surface area contributed by atoms with Crippen molar-refractivity contribution in [3.05, 3.63) is 48.8 Å². The first-order valence-corrected chi connectivity index (χ1v) is 9.39. The Morgan fingerprint density at radius 3 is 2.59 bits per heavy atom. The van der Waals surface area contributed by atoms with Gasteiger partial charge in [-0.1, -0.05) is 11.8 Å². The van der Waals surface area contributed by atoms with Gasteiger partial charge in [-0.2, -0.15) is 0 Å². The van der Waals surface area contributed by atoms with Gasteiger partial charge in [0.25, 0.3) is 0 Å². The number of esters is 1. The van der Waals surface area contributed by atoms with Crippen LogP contribution in [0.1, 0.15) is 13.8 Å². The van der Waals surface area contributed by atoms with Gasteiger partial charge in [0, 0.05) is 23.6 Å². The Labute approximate surface area is 161 Å². The van der Waals surface area contributed by atoms with Gasteiger partial charge in [0.1, 0.15) is 5.75 Å². The standard InChI is InChI=1S/C19H20N4O3S/c1-13(2)26-17(24)12-27-19-22-21-18(14-5-4-10-20-11-14)23(19)15-6-8-16(25-3)9-7-15/h4-11,13H,12H2,1-3H3. The van der Waals surface area contributed by atoms with Crippen LogP contribution in [0.2, 0.25) is 0 Å². The molecule has 3 rings (SSSR count). The molecular formula is C19H20N4O3S. The maximum atomic E-state index is 11.9. The first kappa shape index (κ1) is 18.9. The summed E-state index contributed by atoms with van der Waals surface area (Å²) in [4.78, 5) is 16.1. The number of pyridine rings is 1. The van der Waals surface area contributed by atoms with Crippen LogP contribution in [-0.2, 0) is 9.53 Å². The zero-order valence-corrected chi connectivity index (χ0v) is 16.1. The van der Waals surface area contributed by atoms with E-state index in [1.54, 1.807) is 19.5 Å². The third-order valence-electron chi connectivity index (χ3n) is 3.57. The molecule has 0 bridgehead atoms. The van der Waals surface area contributed by atoms with Gasteiger partial charge in [-0.05, 0) is 50.2 Å². The molecule has 0 saturated heterocycles. The molecule has 1 aromatic carbocycles. The lowest BCUT2D eigenvalue weighted by molar-refractivity contribution is -0.144. The van der Waals surface area contributed by atoms with Crippen molar-refractivity contribution in [2.45, 2.75) is 25.1 Å². The summed E-state index contributed by atoms with van der Waals surface area (Å²) in [5.41, 5.74) is 1.69. The Morgan fingerprint density at radius 2 is 1.96 bits per heavy atom. The maximum absolute atomic E-state index is 11.9. The molecule has 0 fully saturated rings. The molecule has 0 saturated carbocycles. The van der Waals surface area contributed by atoms with Gasteiger partial charge in [0.2, 0.25) is 0 Å². The first-order valence-electron chi connectivity index (χ1n) is 8.41. The van der Waals surface area contributed by atoms with E-state index in [0.29, 0.717) is 11.0 Å². The van der Waals surface area contributed by atoms with Gasteiger partial charge in [-0.15, -0.1) is 10.2 Å². The number of hydrogen-bond donors (Lipinski definition) is 0. The summed E-state index contributed by atoms with van der Waals surface area (Å²) >= 11 is 1.28. The van der Waals surface area contributed by atoms with Crippen molar-refractivity contribution in [1.82, 2.24) is 19.7 Å². The van der Waals surface area contributed by atoms with Crippen LogP contribution in [0, 0.1) is 0 Å². The van der Waals surface area contributed by atoms with Gasteiger partial charge >= 0.3 is 5.97 Å². The molecule has 0 unspecified atom stereocenters. The van der Waals surface area contributed by atoms with Crippen molar-refractivity contribution in [1.29, 1.82) is 0 Å². The summed E-state index contributed by atoms with van der Waals surface area (Å²) in [6.45, 7) is 3.64. The SMILES string of the molecule is COc1ccc(-n2c(SCC(=O)OC(C)C)nnc2-c2cccnc2)cc1. The fraction of sp³-hybridized carbons (Fsp3) is 0.263. The molecule has 140 valence electrons. The molecule has 0 atom stereocenters. The van der Waals surface area contributed by atoms with E-state index in [-0.39, 0.29) is 17.8 Å². The normalized spacial score (nSPS) is 10.8. The Kier molecular flexibility index (Phi) is 6.08. The Morgan fingerprint density at radius 1 is 1.19 bits per heavy atom. The van der Waals surface area contributed by atoms with Crippen molar-refractivity contribution in [3.8, 4) is 22.8 Å². The van der Waals surface area contributed by atoms with Gasteiger partial charge in [0.15, 0.2) is 11.0 Å². The van der Waals surface area contributed by atoms with Crippen LogP contribution in [0.15, 0.2) is 53.9 Å². The van der Waals surface area contributed by atoms with Crippen molar-refractivity contribution >= 4 is 17.7 Å². The predicted molar refractivity (Wildman–Crippen MR) is 103 cm³/mol. The van der Waals surface area contributed by atoms with E-state index >= 15 is 0 Å². The van der Waals surface area contributed by atoms with Crippen LogP contribution in [0.4, 0.5) is 0 Å². The van der Waals surface area contributed by atoms with Crippen LogP contribution in [0.3, 0.4) is 0 Å². The van der Waals surface area contributed by atoms with Crippen molar-refractivity contribution in [2.75, 3.05) is 12.9 Å². The second-order valence-corrected chi connectivity index (χ2v) is 6.85. The summed E-state index contributed by atoms with van der Waals surface area (Å²) in [7, 11) is 1.62. The number of carbonyl (C=O) groups excluding carboxylic acids is 1. The average molecular weight is 384 g/mol. The van der Waals surface area contributed by atoms with E-state index < -0.39 is 0 Å². The second kappa shape index (κ2) is 8.68. The maximum Gasteiger partial charge on any atom is 0.316 e. The van der Waals surface area contributed by atoms with Crippen LogP contribution < -0.4 is 4.74 Å². The van der Waals surface area contributed by atoms with Crippen LogP contribution in [0.5, 0.6) is 5.75 Å². The highest BCUT2D eigenvalue weighted by Gasteiger charge is 2.18. The molecule has 2 heterocycles. The third-order valence-corrected chi connectivity index (χ3v) is 4.47. The number of carbonyl (C=O) groups is 1. The van der Waals surface area contributed by atoms with E-state index in [2.05, 4.69) is 15.2 Å². The van der Waals surface area contributed by atoms with Gasteiger partial charge in [-0.25, -0.2) is 0 Å². The van der Waals surface area contributed by atoms with E-state index in [1.165, 1.54) is 11.8 Å². The summed E-state index contributed by atoms with van der Waals surface area (Å²) in [5.74, 6) is 1.26. The highest BCUT2D eigenvalue weighted by Crippen LogP contribution is 2.28. The highest BCUT2D eigenvalue weighted by atomic mass is 32.2. The number of benzene rings is 1. The van der Waals surface area contributed by atoms with Gasteiger partial charge < -0.3 is 9.47 Å². The fourth-order valence-corrected chi connectivity index (χ4v) is 3.16. The lowest BCUT2D eigenvalue weighted by Crippen LogP contribution is -2.13. The Hall–Kier alpha value is -2.87. The monoisotopic (exact) mass is 384 g/mol. The molecule has 0 radical (unpaired) electrons. The second-order valence-electron chi connectivity index (χ2n) is 5.91. The number of ether oxygens (including phenoxy) is 2. The minimum absolute atomic E-state index is 0.150. The fourth-order valence-electron chi connectivity index (χ4n) is 2.43. The van der Waals surface area contributed by atoms with Crippen LogP contribution in [-0.4, -0.2) is 44.7 Å². The lowest BCUT2D eigenvalue weighted by Gasteiger charge is -2.11. The lowest BCUT2D eigenvalue weighted by atomic mass is 10.2. The number of hydrogen-bond acceptors (Lipinski definition) is 7. The zero-order valence-electron chi connectivity index (χ0n) is 15.3. The van der Waals surface area contributed by atoms with E-state index in [0.717, 1.165) is 17.0 Å². The Balaban J connectivity index is 1.95. The van der Waals surface area contributed by atoms with E-state index in [1.807, 2.05) is 54.8 Å². The smallest absolute Gasteiger partial charge is 0.316 e.